The van der Waals surface area contributed by atoms with Crippen molar-refractivity contribution in [3.8, 4) is 0 Å². The molecule has 8 heavy (non-hydrogen) atoms. The second-order valence-electron chi connectivity index (χ2n) is 1.24. The van der Waals surface area contributed by atoms with Gasteiger partial charge in [-0.05, 0) is 0 Å². The molecule has 0 saturated carbocycles. The molecular weight excluding hydrogens is 223 g/mol. The highest BCUT2D eigenvalue weighted by molar-refractivity contribution is 14.1. The van der Waals surface area contributed by atoms with Crippen molar-refractivity contribution in [1.29, 1.82) is 0 Å². The lowest BCUT2D eigenvalue weighted by molar-refractivity contribution is -0.138. The summed E-state index contributed by atoms with van der Waals surface area (Å²) >= 11 is 1.92. The molecular formula is C4H7IO3. The van der Waals surface area contributed by atoms with E-state index in [1.54, 1.807) is 0 Å². The largest absolute Gasteiger partial charge is 0.481 e. The molecule has 1 unspecified atom stereocenters. The third-order valence-electron chi connectivity index (χ3n) is 0.591. The predicted octanol–water partition coefficient (Wildman–Crippen LogP) is 0.869. The molecule has 0 fully saturated rings. The molecule has 0 radical (unpaired) electrons. The van der Waals surface area contributed by atoms with Gasteiger partial charge in [0.2, 0.25) is 0 Å². The van der Waals surface area contributed by atoms with Gasteiger partial charge in [-0.1, -0.05) is 22.6 Å². The second kappa shape index (κ2) is 4.08. The number of carbonyl (C=O) groups is 1. The summed E-state index contributed by atoms with van der Waals surface area (Å²) in [5.41, 5.74) is 0. The summed E-state index contributed by atoms with van der Waals surface area (Å²) in [5.74, 6) is -0.828. The molecule has 1 atom stereocenters. The van der Waals surface area contributed by atoms with E-state index in [0.717, 1.165) is 0 Å². The Labute approximate surface area is 61.2 Å². The van der Waals surface area contributed by atoms with Crippen LogP contribution in [0, 0.1) is 0 Å². The summed E-state index contributed by atoms with van der Waals surface area (Å²) in [5, 5.41) is 8.13. The SMILES string of the molecule is COC(I)CC(=O)O. The topological polar surface area (TPSA) is 46.5 Å². The lowest BCUT2D eigenvalue weighted by Gasteiger charge is -2.00. The van der Waals surface area contributed by atoms with E-state index < -0.39 is 5.97 Å². The molecule has 0 aliphatic carbocycles. The number of alkyl halides is 1. The summed E-state index contributed by atoms with van der Waals surface area (Å²) in [4.78, 5) is 9.88. The van der Waals surface area contributed by atoms with Crippen LogP contribution in [-0.2, 0) is 9.53 Å². The molecule has 0 amide bonds. The fourth-order valence-electron chi connectivity index (χ4n) is 0.221. The normalized spacial score (nSPS) is 13.2. The molecule has 0 heterocycles. The van der Waals surface area contributed by atoms with Gasteiger partial charge in [0.25, 0.3) is 0 Å². The van der Waals surface area contributed by atoms with E-state index in [9.17, 15) is 4.79 Å². The van der Waals surface area contributed by atoms with Crippen LogP contribution in [-0.4, -0.2) is 22.3 Å². The zero-order valence-corrected chi connectivity index (χ0v) is 6.58. The predicted molar refractivity (Wildman–Crippen MR) is 37.1 cm³/mol. The number of carboxylic acids is 1. The number of hydrogen-bond acceptors (Lipinski definition) is 2. The Morgan fingerprint density at radius 2 is 2.50 bits per heavy atom. The van der Waals surface area contributed by atoms with Gasteiger partial charge < -0.3 is 9.84 Å². The maximum atomic E-state index is 9.88. The van der Waals surface area contributed by atoms with Gasteiger partial charge in [-0.25, -0.2) is 0 Å². The molecule has 48 valence electrons. The highest BCUT2D eigenvalue weighted by Gasteiger charge is 2.05. The van der Waals surface area contributed by atoms with Crippen molar-refractivity contribution >= 4 is 28.6 Å². The maximum Gasteiger partial charge on any atom is 0.306 e. The van der Waals surface area contributed by atoms with Crippen molar-refractivity contribution in [1.82, 2.24) is 0 Å². The summed E-state index contributed by atoms with van der Waals surface area (Å²) in [6.07, 6.45) is 0.0665. The zero-order valence-electron chi connectivity index (χ0n) is 4.43. The van der Waals surface area contributed by atoms with Gasteiger partial charge in [-0.15, -0.1) is 0 Å². The molecule has 0 rings (SSSR count). The second-order valence-corrected chi connectivity index (χ2v) is 2.63. The first-order valence-corrected chi connectivity index (χ1v) is 3.30. The highest BCUT2D eigenvalue weighted by Crippen LogP contribution is 2.04. The maximum absolute atomic E-state index is 9.88. The van der Waals surface area contributed by atoms with Gasteiger partial charge in [-0.2, -0.15) is 0 Å². The first kappa shape index (κ1) is 8.16. The number of methoxy groups -OCH3 is 1. The van der Waals surface area contributed by atoms with E-state index in [-0.39, 0.29) is 10.5 Å². The minimum absolute atomic E-state index is 0.0665. The molecule has 1 N–H and O–H groups in total. The lowest BCUT2D eigenvalue weighted by atomic mass is 10.5. The van der Waals surface area contributed by atoms with Gasteiger partial charge in [0.05, 0.1) is 6.42 Å². The molecule has 0 saturated heterocycles. The third kappa shape index (κ3) is 4.32. The molecule has 0 aromatic rings. The van der Waals surface area contributed by atoms with E-state index >= 15 is 0 Å². The Kier molecular flexibility index (Phi) is 4.16. The van der Waals surface area contributed by atoms with Crippen LogP contribution in [0.3, 0.4) is 0 Å². The van der Waals surface area contributed by atoms with Gasteiger partial charge in [0.15, 0.2) is 0 Å². The number of aliphatic carboxylic acids is 1. The van der Waals surface area contributed by atoms with Crippen LogP contribution >= 0.6 is 22.6 Å². The number of carboxylic acid groups (broad SMARTS) is 1. The minimum atomic E-state index is -0.828. The van der Waals surface area contributed by atoms with E-state index in [2.05, 4.69) is 4.74 Å². The molecule has 0 aliphatic heterocycles. The van der Waals surface area contributed by atoms with E-state index in [4.69, 9.17) is 5.11 Å². The van der Waals surface area contributed by atoms with E-state index in [1.807, 2.05) is 22.6 Å². The first-order valence-electron chi connectivity index (χ1n) is 2.05. The van der Waals surface area contributed by atoms with Crippen LogP contribution in [0.15, 0.2) is 0 Å². The fraction of sp³-hybridized carbons (Fsp3) is 0.750. The van der Waals surface area contributed by atoms with E-state index in [1.165, 1.54) is 7.11 Å². The van der Waals surface area contributed by atoms with Crippen LogP contribution in [0.1, 0.15) is 6.42 Å². The number of rotatable bonds is 3. The molecule has 4 heteroatoms. The number of ether oxygens (including phenoxy) is 1. The highest BCUT2D eigenvalue weighted by atomic mass is 127. The van der Waals surface area contributed by atoms with Crippen molar-refractivity contribution in [2.75, 3.05) is 7.11 Å². The first-order chi connectivity index (χ1) is 3.66. The van der Waals surface area contributed by atoms with Gasteiger partial charge in [-0.3, -0.25) is 4.79 Å². The lowest BCUT2D eigenvalue weighted by Crippen LogP contribution is -2.07. The zero-order chi connectivity index (χ0) is 6.57. The van der Waals surface area contributed by atoms with Crippen LogP contribution in [0.2, 0.25) is 0 Å². The molecule has 0 aromatic carbocycles. The minimum Gasteiger partial charge on any atom is -0.481 e. The van der Waals surface area contributed by atoms with Crippen molar-refractivity contribution in [3.05, 3.63) is 0 Å². The van der Waals surface area contributed by atoms with Gasteiger partial charge in [0.1, 0.15) is 4.11 Å². The Bertz CT molecular complexity index is 83.4. The molecule has 0 spiro atoms. The van der Waals surface area contributed by atoms with Crippen LogP contribution in [0.5, 0.6) is 0 Å². The van der Waals surface area contributed by atoms with Crippen LogP contribution in [0.25, 0.3) is 0 Å². The smallest absolute Gasteiger partial charge is 0.306 e. The summed E-state index contributed by atoms with van der Waals surface area (Å²) in [6.45, 7) is 0. The monoisotopic (exact) mass is 230 g/mol. The third-order valence-corrected chi connectivity index (χ3v) is 1.54. The molecule has 3 nitrogen and oxygen atoms in total. The standard InChI is InChI=1S/C4H7IO3/c1-8-3(5)2-4(6)7/h3H,2H2,1H3,(H,6,7). The summed E-state index contributed by atoms with van der Waals surface area (Å²) in [7, 11) is 1.49. The summed E-state index contributed by atoms with van der Waals surface area (Å²) in [6, 6.07) is 0. The van der Waals surface area contributed by atoms with Crippen molar-refractivity contribution in [2.24, 2.45) is 0 Å². The number of hydrogen-bond donors (Lipinski definition) is 1. The van der Waals surface area contributed by atoms with Crippen LogP contribution < -0.4 is 0 Å². The molecule has 0 aromatic heterocycles. The van der Waals surface area contributed by atoms with Gasteiger partial charge in [0, 0.05) is 7.11 Å². The van der Waals surface area contributed by atoms with Crippen LogP contribution in [0.4, 0.5) is 0 Å². The summed E-state index contributed by atoms with van der Waals surface area (Å²) < 4.78 is 4.46. The molecule has 0 aliphatic rings. The van der Waals surface area contributed by atoms with Crippen molar-refractivity contribution in [2.45, 2.75) is 10.5 Å². The number of halogens is 1. The average Bonchev–Trinajstić information content (AvgIpc) is 1.65. The van der Waals surface area contributed by atoms with Gasteiger partial charge >= 0.3 is 5.97 Å². The average molecular weight is 230 g/mol. The van der Waals surface area contributed by atoms with E-state index in [0.29, 0.717) is 0 Å². The Hall–Kier alpha value is 0.160. The van der Waals surface area contributed by atoms with Crippen molar-refractivity contribution < 1.29 is 14.6 Å². The van der Waals surface area contributed by atoms with Crippen molar-refractivity contribution in [3.63, 3.8) is 0 Å². The Morgan fingerprint density at radius 1 is 2.00 bits per heavy atom. The quantitative estimate of drug-likeness (QED) is 0.577. The Morgan fingerprint density at radius 3 is 2.62 bits per heavy atom. The molecule has 0 bridgehead atoms. The fourth-order valence-corrected chi connectivity index (χ4v) is 0.597. The Balaban J connectivity index is 3.24.